The molecule has 4 N–H and O–H groups in total. The lowest BCUT2D eigenvalue weighted by Gasteiger charge is -2.09. The molecule has 0 atom stereocenters. The van der Waals surface area contributed by atoms with E-state index >= 15 is 0 Å². The number of nitrogens with two attached hydrogens (primary N) is 1. The standard InChI is InChI=1S/C23H21N5.ClH/c24-16-17-6-10-21(11-7-17)27-23-25-15-14-22(28-23)26-20-12-8-19(9-13-20)18-4-2-1-3-5-18;/h1-15H,16,24H2,(H2,25,26,27,28);1H. The van der Waals surface area contributed by atoms with Gasteiger partial charge >= 0.3 is 0 Å². The third kappa shape index (κ3) is 5.31. The Hall–Kier alpha value is -3.41. The Morgan fingerprint density at radius 1 is 0.690 bits per heavy atom. The Kier molecular flexibility index (Phi) is 6.79. The molecule has 0 bridgehead atoms. The van der Waals surface area contributed by atoms with Crippen molar-refractivity contribution in [2.75, 3.05) is 10.6 Å². The van der Waals surface area contributed by atoms with Crippen LogP contribution in [-0.2, 0) is 6.54 Å². The number of nitrogens with one attached hydrogen (secondary N) is 2. The highest BCUT2D eigenvalue weighted by Gasteiger charge is 2.02. The number of rotatable bonds is 6. The number of nitrogens with zero attached hydrogens (tertiary/aromatic N) is 2. The highest BCUT2D eigenvalue weighted by Crippen LogP contribution is 2.23. The van der Waals surface area contributed by atoms with Gasteiger partial charge in [0, 0.05) is 24.1 Å². The summed E-state index contributed by atoms with van der Waals surface area (Å²) in [6.45, 7) is 0.527. The van der Waals surface area contributed by atoms with Gasteiger partial charge in [0.15, 0.2) is 0 Å². The summed E-state index contributed by atoms with van der Waals surface area (Å²) in [5, 5.41) is 6.53. The summed E-state index contributed by atoms with van der Waals surface area (Å²) in [5.74, 6) is 1.26. The lowest BCUT2D eigenvalue weighted by atomic mass is 10.1. The van der Waals surface area contributed by atoms with Crippen LogP contribution in [0.1, 0.15) is 5.56 Å². The van der Waals surface area contributed by atoms with Crippen molar-refractivity contribution < 1.29 is 0 Å². The van der Waals surface area contributed by atoms with E-state index in [-0.39, 0.29) is 12.4 Å². The number of aromatic nitrogens is 2. The first-order chi connectivity index (χ1) is 13.8. The van der Waals surface area contributed by atoms with Crippen molar-refractivity contribution in [1.29, 1.82) is 0 Å². The molecule has 0 spiro atoms. The molecule has 0 aliphatic heterocycles. The predicted molar refractivity (Wildman–Crippen MR) is 122 cm³/mol. The van der Waals surface area contributed by atoms with Crippen molar-refractivity contribution in [3.63, 3.8) is 0 Å². The molecule has 1 heterocycles. The summed E-state index contributed by atoms with van der Waals surface area (Å²) in [6.07, 6.45) is 1.73. The molecule has 5 nitrogen and oxygen atoms in total. The SMILES string of the molecule is Cl.NCc1ccc(Nc2nccc(Nc3ccc(-c4ccccc4)cc3)n2)cc1. The van der Waals surface area contributed by atoms with Gasteiger partial charge in [-0.2, -0.15) is 4.98 Å². The number of hydrogen-bond acceptors (Lipinski definition) is 5. The van der Waals surface area contributed by atoms with Crippen LogP contribution in [0.3, 0.4) is 0 Å². The number of anilines is 4. The molecule has 6 heteroatoms. The van der Waals surface area contributed by atoms with Crippen LogP contribution in [0.15, 0.2) is 91.1 Å². The number of halogens is 1. The first-order valence-electron chi connectivity index (χ1n) is 9.12. The van der Waals surface area contributed by atoms with Crippen LogP contribution in [-0.4, -0.2) is 9.97 Å². The van der Waals surface area contributed by atoms with Crippen molar-refractivity contribution in [2.45, 2.75) is 6.54 Å². The van der Waals surface area contributed by atoms with E-state index in [1.165, 1.54) is 11.1 Å². The van der Waals surface area contributed by atoms with Gasteiger partial charge in [-0.15, -0.1) is 12.4 Å². The second-order valence-electron chi connectivity index (χ2n) is 6.36. The van der Waals surface area contributed by atoms with Gasteiger partial charge < -0.3 is 16.4 Å². The van der Waals surface area contributed by atoms with Gasteiger partial charge in [-0.3, -0.25) is 0 Å². The molecule has 3 aromatic carbocycles. The minimum absolute atomic E-state index is 0. The maximum absolute atomic E-state index is 5.63. The quantitative estimate of drug-likeness (QED) is 0.395. The predicted octanol–water partition coefficient (Wildman–Crippen LogP) is 5.51. The average Bonchev–Trinajstić information content (AvgIpc) is 2.76. The molecule has 0 aliphatic rings. The van der Waals surface area contributed by atoms with Crippen LogP contribution < -0.4 is 16.4 Å². The maximum Gasteiger partial charge on any atom is 0.229 e. The fourth-order valence-electron chi connectivity index (χ4n) is 2.87. The van der Waals surface area contributed by atoms with Crippen LogP contribution in [0.5, 0.6) is 0 Å². The third-order valence-corrected chi connectivity index (χ3v) is 4.37. The molecule has 146 valence electrons. The highest BCUT2D eigenvalue weighted by molar-refractivity contribution is 5.85. The molecule has 0 amide bonds. The van der Waals surface area contributed by atoms with Crippen molar-refractivity contribution in [3.05, 3.63) is 96.7 Å². The normalized spacial score (nSPS) is 10.1. The molecular formula is C23H22ClN5. The molecule has 0 aliphatic carbocycles. The van der Waals surface area contributed by atoms with Gasteiger partial charge in [0.1, 0.15) is 5.82 Å². The molecular weight excluding hydrogens is 382 g/mol. The zero-order valence-corrected chi connectivity index (χ0v) is 16.6. The van der Waals surface area contributed by atoms with Crippen LogP contribution in [0.4, 0.5) is 23.1 Å². The van der Waals surface area contributed by atoms with Crippen molar-refractivity contribution in [2.24, 2.45) is 5.73 Å². The Morgan fingerprint density at radius 3 is 2.00 bits per heavy atom. The molecule has 4 rings (SSSR count). The Balaban J connectivity index is 0.00000240. The minimum Gasteiger partial charge on any atom is -0.340 e. The Morgan fingerprint density at radius 2 is 1.31 bits per heavy atom. The van der Waals surface area contributed by atoms with Crippen molar-refractivity contribution in [1.82, 2.24) is 9.97 Å². The summed E-state index contributed by atoms with van der Waals surface area (Å²) < 4.78 is 0. The van der Waals surface area contributed by atoms with Gasteiger partial charge in [0.25, 0.3) is 0 Å². The van der Waals surface area contributed by atoms with Gasteiger partial charge in [-0.1, -0.05) is 54.6 Å². The van der Waals surface area contributed by atoms with Gasteiger partial charge in [0.2, 0.25) is 5.95 Å². The summed E-state index contributed by atoms with van der Waals surface area (Å²) >= 11 is 0. The Bertz CT molecular complexity index is 1030. The van der Waals surface area contributed by atoms with E-state index in [1.807, 2.05) is 60.7 Å². The van der Waals surface area contributed by atoms with E-state index in [9.17, 15) is 0 Å². The molecule has 0 saturated heterocycles. The van der Waals surface area contributed by atoms with E-state index < -0.39 is 0 Å². The summed E-state index contributed by atoms with van der Waals surface area (Å²) in [5.41, 5.74) is 11.0. The molecule has 0 saturated carbocycles. The van der Waals surface area contributed by atoms with Crippen molar-refractivity contribution >= 4 is 35.5 Å². The smallest absolute Gasteiger partial charge is 0.229 e. The largest absolute Gasteiger partial charge is 0.340 e. The first-order valence-corrected chi connectivity index (χ1v) is 9.12. The molecule has 0 unspecified atom stereocenters. The Labute approximate surface area is 176 Å². The van der Waals surface area contributed by atoms with E-state index in [4.69, 9.17) is 5.73 Å². The van der Waals surface area contributed by atoms with Gasteiger partial charge in [0.05, 0.1) is 0 Å². The van der Waals surface area contributed by atoms with E-state index in [2.05, 4.69) is 44.9 Å². The summed E-state index contributed by atoms with van der Waals surface area (Å²) in [4.78, 5) is 8.81. The fraction of sp³-hybridized carbons (Fsp3) is 0.0435. The number of hydrogen-bond donors (Lipinski definition) is 3. The van der Waals surface area contributed by atoms with Gasteiger partial charge in [-0.05, 0) is 47.0 Å². The topological polar surface area (TPSA) is 75.9 Å². The summed E-state index contributed by atoms with van der Waals surface area (Å²) in [6, 6.07) is 28.3. The average molecular weight is 404 g/mol. The van der Waals surface area contributed by atoms with Gasteiger partial charge in [-0.25, -0.2) is 4.98 Å². The molecule has 4 aromatic rings. The zero-order valence-electron chi connectivity index (χ0n) is 15.7. The van der Waals surface area contributed by atoms with E-state index in [0.717, 1.165) is 22.8 Å². The van der Waals surface area contributed by atoms with E-state index in [0.29, 0.717) is 12.5 Å². The fourth-order valence-corrected chi connectivity index (χ4v) is 2.87. The monoisotopic (exact) mass is 403 g/mol. The molecule has 29 heavy (non-hydrogen) atoms. The second kappa shape index (κ2) is 9.68. The number of benzene rings is 3. The maximum atomic E-state index is 5.63. The van der Waals surface area contributed by atoms with Crippen LogP contribution in [0.25, 0.3) is 11.1 Å². The van der Waals surface area contributed by atoms with Crippen molar-refractivity contribution in [3.8, 4) is 11.1 Å². The lowest BCUT2D eigenvalue weighted by molar-refractivity contribution is 1.07. The molecule has 1 aromatic heterocycles. The highest BCUT2D eigenvalue weighted by atomic mass is 35.5. The van der Waals surface area contributed by atoms with Crippen LogP contribution in [0.2, 0.25) is 0 Å². The molecule has 0 fully saturated rings. The van der Waals surface area contributed by atoms with E-state index in [1.54, 1.807) is 6.20 Å². The minimum atomic E-state index is 0. The lowest BCUT2D eigenvalue weighted by Crippen LogP contribution is -2.01. The molecule has 0 radical (unpaired) electrons. The van der Waals surface area contributed by atoms with Crippen LogP contribution >= 0.6 is 12.4 Å². The zero-order chi connectivity index (χ0) is 19.2. The third-order valence-electron chi connectivity index (χ3n) is 4.37. The summed E-state index contributed by atoms with van der Waals surface area (Å²) in [7, 11) is 0. The second-order valence-corrected chi connectivity index (χ2v) is 6.36. The first kappa shape index (κ1) is 20.3. The van der Waals surface area contributed by atoms with Crippen LogP contribution in [0, 0.1) is 0 Å².